The Morgan fingerprint density at radius 2 is 2.10 bits per heavy atom. The zero-order chi connectivity index (χ0) is 20.2. The van der Waals surface area contributed by atoms with Crippen molar-refractivity contribution in [3.05, 3.63) is 66.0 Å². The number of methoxy groups -OCH3 is 1. The van der Waals surface area contributed by atoms with Gasteiger partial charge >= 0.3 is 0 Å². The number of hydrogen-bond donors (Lipinski definition) is 1. The van der Waals surface area contributed by atoms with Gasteiger partial charge in [0.15, 0.2) is 5.69 Å². The fourth-order valence-corrected chi connectivity index (χ4v) is 3.65. The molecule has 1 saturated heterocycles. The molecule has 1 aliphatic rings. The van der Waals surface area contributed by atoms with E-state index in [4.69, 9.17) is 4.74 Å². The van der Waals surface area contributed by atoms with Gasteiger partial charge in [-0.15, -0.1) is 0 Å². The van der Waals surface area contributed by atoms with Gasteiger partial charge < -0.3 is 15.0 Å². The van der Waals surface area contributed by atoms with Crippen LogP contribution in [0.15, 0.2) is 54.7 Å². The quantitative estimate of drug-likeness (QED) is 0.724. The summed E-state index contributed by atoms with van der Waals surface area (Å²) in [6.07, 6.45) is 3.58. The number of aromatic nitrogens is 2. The van der Waals surface area contributed by atoms with Gasteiger partial charge in [-0.05, 0) is 48.7 Å². The lowest BCUT2D eigenvalue weighted by molar-refractivity contribution is -0.131. The minimum atomic E-state index is -0.201. The van der Waals surface area contributed by atoms with Crippen LogP contribution in [0.2, 0.25) is 0 Å². The predicted octanol–water partition coefficient (Wildman–Crippen LogP) is 2.65. The van der Waals surface area contributed by atoms with E-state index in [1.165, 1.54) is 0 Å². The maximum absolute atomic E-state index is 12.6. The Bertz CT molecular complexity index is 997. The van der Waals surface area contributed by atoms with E-state index in [1.807, 2.05) is 53.6 Å². The van der Waals surface area contributed by atoms with Gasteiger partial charge in [-0.3, -0.25) is 9.59 Å². The molecule has 1 fully saturated rings. The summed E-state index contributed by atoms with van der Waals surface area (Å²) in [5.74, 6) is 0.687. The van der Waals surface area contributed by atoms with E-state index in [2.05, 4.69) is 10.4 Å². The summed E-state index contributed by atoms with van der Waals surface area (Å²) in [5.41, 5.74) is 2.29. The number of carbonyl (C=O) groups is 2. The number of carbonyl (C=O) groups excluding carboxylic acids is 2. The van der Waals surface area contributed by atoms with Gasteiger partial charge in [-0.2, -0.15) is 5.10 Å². The van der Waals surface area contributed by atoms with Crippen molar-refractivity contribution in [2.24, 2.45) is 0 Å². The predicted molar refractivity (Wildman–Crippen MR) is 109 cm³/mol. The first kappa shape index (κ1) is 19.0. The molecule has 3 aromatic rings. The number of hydrogen-bond acceptors (Lipinski definition) is 4. The van der Waals surface area contributed by atoms with Crippen LogP contribution in [0.3, 0.4) is 0 Å². The minimum Gasteiger partial charge on any atom is -0.497 e. The lowest BCUT2D eigenvalue weighted by Gasteiger charge is -2.21. The molecule has 1 atom stereocenters. The maximum atomic E-state index is 12.6. The molecule has 7 nitrogen and oxygen atoms in total. The molecule has 3 heterocycles. The molecule has 1 aliphatic heterocycles. The number of nitrogens with one attached hydrogen (secondary N) is 1. The monoisotopic (exact) mass is 392 g/mol. The molecule has 29 heavy (non-hydrogen) atoms. The van der Waals surface area contributed by atoms with E-state index in [1.54, 1.807) is 17.7 Å². The molecule has 0 aliphatic carbocycles. The Kier molecular flexibility index (Phi) is 5.46. The van der Waals surface area contributed by atoms with Crippen molar-refractivity contribution in [3.8, 4) is 5.75 Å². The molecule has 0 spiro atoms. The van der Waals surface area contributed by atoms with Crippen LogP contribution in [0, 0.1) is 0 Å². The molecule has 2 aromatic heterocycles. The summed E-state index contributed by atoms with van der Waals surface area (Å²) in [6.45, 7) is 1.15. The number of ether oxygens (including phenoxy) is 1. The van der Waals surface area contributed by atoms with Crippen LogP contribution in [0.25, 0.3) is 5.52 Å². The summed E-state index contributed by atoms with van der Waals surface area (Å²) >= 11 is 0. The van der Waals surface area contributed by atoms with Gasteiger partial charge in [0, 0.05) is 31.7 Å². The first-order chi connectivity index (χ1) is 14.1. The molecule has 1 unspecified atom stereocenters. The van der Waals surface area contributed by atoms with Gasteiger partial charge in [-0.25, -0.2) is 4.52 Å². The zero-order valence-electron chi connectivity index (χ0n) is 16.4. The fourth-order valence-electron chi connectivity index (χ4n) is 3.65. The third-order valence-electron chi connectivity index (χ3n) is 5.25. The van der Waals surface area contributed by atoms with Crippen molar-refractivity contribution in [2.75, 3.05) is 13.7 Å². The van der Waals surface area contributed by atoms with Crippen molar-refractivity contribution >= 4 is 17.3 Å². The highest BCUT2D eigenvalue weighted by molar-refractivity contribution is 5.93. The Balaban J connectivity index is 1.38. The lowest BCUT2D eigenvalue weighted by Crippen LogP contribution is -2.36. The highest BCUT2D eigenvalue weighted by Crippen LogP contribution is 2.19. The summed E-state index contributed by atoms with van der Waals surface area (Å²) in [7, 11) is 1.63. The van der Waals surface area contributed by atoms with Crippen LogP contribution in [0.5, 0.6) is 5.75 Å². The van der Waals surface area contributed by atoms with Crippen molar-refractivity contribution < 1.29 is 14.3 Å². The van der Waals surface area contributed by atoms with E-state index < -0.39 is 0 Å². The molecule has 1 N–H and O–H groups in total. The van der Waals surface area contributed by atoms with E-state index in [0.717, 1.165) is 23.3 Å². The highest BCUT2D eigenvalue weighted by Gasteiger charge is 2.24. The molecular weight excluding hydrogens is 368 g/mol. The number of fused-ring (bicyclic) bond motifs is 1. The molecule has 2 amide bonds. The van der Waals surface area contributed by atoms with Crippen LogP contribution in [0.4, 0.5) is 0 Å². The molecule has 0 bridgehead atoms. The maximum Gasteiger partial charge on any atom is 0.272 e. The van der Waals surface area contributed by atoms with Crippen molar-refractivity contribution in [1.29, 1.82) is 0 Å². The summed E-state index contributed by atoms with van der Waals surface area (Å²) in [5, 5.41) is 7.36. The number of benzene rings is 1. The Hall–Kier alpha value is -3.35. The average Bonchev–Trinajstić information content (AvgIpc) is 3.11. The average molecular weight is 392 g/mol. The van der Waals surface area contributed by atoms with Crippen molar-refractivity contribution in [2.45, 2.75) is 31.8 Å². The Labute approximate surface area is 169 Å². The topological polar surface area (TPSA) is 75.9 Å². The smallest absolute Gasteiger partial charge is 0.272 e. The third-order valence-corrected chi connectivity index (χ3v) is 5.25. The number of rotatable bonds is 5. The van der Waals surface area contributed by atoms with Gasteiger partial charge in [0.05, 0.1) is 12.6 Å². The first-order valence-electron chi connectivity index (χ1n) is 9.78. The number of nitrogens with zero attached hydrogens (tertiary/aromatic N) is 3. The van der Waals surface area contributed by atoms with Crippen molar-refractivity contribution in [3.63, 3.8) is 0 Å². The second-order valence-corrected chi connectivity index (χ2v) is 7.26. The summed E-state index contributed by atoms with van der Waals surface area (Å²) < 4.78 is 6.94. The van der Waals surface area contributed by atoms with Crippen LogP contribution < -0.4 is 10.1 Å². The van der Waals surface area contributed by atoms with Gasteiger partial charge in [0.1, 0.15) is 5.75 Å². The Morgan fingerprint density at radius 1 is 1.21 bits per heavy atom. The lowest BCUT2D eigenvalue weighted by atomic mass is 10.1. The van der Waals surface area contributed by atoms with E-state index in [9.17, 15) is 9.59 Å². The number of amides is 2. The van der Waals surface area contributed by atoms with E-state index in [0.29, 0.717) is 31.6 Å². The zero-order valence-corrected chi connectivity index (χ0v) is 16.4. The summed E-state index contributed by atoms with van der Waals surface area (Å²) in [4.78, 5) is 27.0. The molecular formula is C22H24N4O3. The van der Waals surface area contributed by atoms with Crippen LogP contribution >= 0.6 is 0 Å². The molecule has 1 aromatic carbocycles. The number of pyridine rings is 1. The molecule has 0 radical (unpaired) electrons. The molecule has 7 heteroatoms. The third kappa shape index (κ3) is 4.39. The van der Waals surface area contributed by atoms with E-state index in [-0.39, 0.29) is 17.9 Å². The standard InChI is InChI=1S/C22H24N4O3/c1-29-19-7-4-5-16(13-19)15-25-12-10-17(8-9-21(25)27)23-22(28)20-14-18-6-2-3-11-26(18)24-20/h2-7,11,13-14,17H,8-10,12,15H2,1H3,(H,23,28). The SMILES string of the molecule is COc1cccc(CN2CCC(NC(=O)c3cc4ccccn4n3)CCC2=O)c1. The van der Waals surface area contributed by atoms with Crippen LogP contribution in [-0.2, 0) is 11.3 Å². The minimum absolute atomic E-state index is 0.0495. The number of likely N-dealkylation sites (tertiary alicyclic amines) is 1. The fraction of sp³-hybridized carbons (Fsp3) is 0.318. The van der Waals surface area contributed by atoms with E-state index >= 15 is 0 Å². The van der Waals surface area contributed by atoms with Gasteiger partial charge in [0.25, 0.3) is 5.91 Å². The van der Waals surface area contributed by atoms with Crippen LogP contribution in [-0.4, -0.2) is 46.0 Å². The second kappa shape index (κ2) is 8.34. The Morgan fingerprint density at radius 3 is 2.93 bits per heavy atom. The van der Waals surface area contributed by atoms with Crippen molar-refractivity contribution in [1.82, 2.24) is 19.8 Å². The first-order valence-corrected chi connectivity index (χ1v) is 9.78. The normalized spacial score (nSPS) is 17.2. The molecule has 4 rings (SSSR count). The second-order valence-electron chi connectivity index (χ2n) is 7.26. The summed E-state index contributed by atoms with van der Waals surface area (Å²) in [6, 6.07) is 15.2. The largest absolute Gasteiger partial charge is 0.497 e. The van der Waals surface area contributed by atoms with Crippen LogP contribution in [0.1, 0.15) is 35.3 Å². The van der Waals surface area contributed by atoms with Gasteiger partial charge in [0.2, 0.25) is 5.91 Å². The highest BCUT2D eigenvalue weighted by atomic mass is 16.5. The molecule has 0 saturated carbocycles. The molecule has 150 valence electrons. The van der Waals surface area contributed by atoms with Gasteiger partial charge in [-0.1, -0.05) is 18.2 Å².